The minimum absolute atomic E-state index is 0.0928. The van der Waals surface area contributed by atoms with E-state index in [1.165, 1.54) is 0 Å². The summed E-state index contributed by atoms with van der Waals surface area (Å²) in [7, 11) is 0.609. The molecule has 0 aliphatic heterocycles. The second kappa shape index (κ2) is 6.96. The molecule has 1 radical (unpaired) electrons. The van der Waals surface area contributed by atoms with Crippen LogP contribution in [0, 0.1) is 5.92 Å². The average Bonchev–Trinajstić information content (AvgIpc) is 2.36. The lowest BCUT2D eigenvalue weighted by Gasteiger charge is -2.10. The van der Waals surface area contributed by atoms with E-state index >= 15 is 0 Å². The largest absolute Gasteiger partial charge is 0.569 e. The average molecular weight is 234 g/mol. The lowest BCUT2D eigenvalue weighted by atomic mass is 10.1. The number of hydrogen-bond donors (Lipinski definition) is 2. The van der Waals surface area contributed by atoms with Gasteiger partial charge in [-0.25, -0.2) is 0 Å². The van der Waals surface area contributed by atoms with E-state index in [0.29, 0.717) is 31.5 Å². The zero-order valence-electron chi connectivity index (χ0n) is 10.1. The van der Waals surface area contributed by atoms with Crippen LogP contribution in [0.3, 0.4) is 0 Å². The number of nitrogens with one attached hydrogen (secondary N) is 1. The highest BCUT2D eigenvalue weighted by Gasteiger charge is 2.06. The van der Waals surface area contributed by atoms with Crippen LogP contribution in [0.5, 0.6) is 5.75 Å². The normalized spacial score (nSPS) is 11.7. The molecule has 5 heteroatoms. The highest BCUT2D eigenvalue weighted by molar-refractivity contribution is 6.17. The second-order valence-corrected chi connectivity index (χ2v) is 3.97. The maximum Gasteiger partial charge on any atom is 0.569 e. The number of amides is 1. The molecule has 0 heterocycles. The fourth-order valence-corrected chi connectivity index (χ4v) is 1.26. The molecule has 1 aromatic rings. The number of carbonyl (C=O) groups excluding carboxylic acids is 1. The first-order chi connectivity index (χ1) is 8.17. The molecule has 1 atom stereocenters. The Kier molecular flexibility index (Phi) is 5.56. The fourth-order valence-electron chi connectivity index (χ4n) is 1.26. The Hall–Kier alpha value is -1.49. The molecule has 0 aromatic heterocycles. The zero-order chi connectivity index (χ0) is 12.7. The van der Waals surface area contributed by atoms with Gasteiger partial charge >= 0.3 is 7.69 Å². The Balaban J connectivity index is 2.51. The van der Waals surface area contributed by atoms with Crippen molar-refractivity contribution in [3.05, 3.63) is 29.8 Å². The van der Waals surface area contributed by atoms with E-state index in [4.69, 9.17) is 9.68 Å². The molecule has 17 heavy (non-hydrogen) atoms. The van der Waals surface area contributed by atoms with Crippen molar-refractivity contribution in [1.29, 1.82) is 0 Å². The van der Waals surface area contributed by atoms with Crippen LogP contribution < -0.4 is 9.97 Å². The van der Waals surface area contributed by atoms with E-state index in [1.807, 2.05) is 0 Å². The third-order valence-electron chi connectivity index (χ3n) is 2.61. The van der Waals surface area contributed by atoms with Crippen LogP contribution in [0.15, 0.2) is 24.3 Å². The zero-order valence-corrected chi connectivity index (χ0v) is 10.1. The Morgan fingerprint density at radius 3 is 2.65 bits per heavy atom. The highest BCUT2D eigenvalue weighted by Crippen LogP contribution is 2.11. The number of benzene rings is 1. The van der Waals surface area contributed by atoms with Gasteiger partial charge in [-0.15, -0.1) is 0 Å². The van der Waals surface area contributed by atoms with Gasteiger partial charge in [0.05, 0.1) is 0 Å². The van der Waals surface area contributed by atoms with Crippen LogP contribution in [0.1, 0.15) is 30.6 Å². The molecule has 1 rings (SSSR count). The van der Waals surface area contributed by atoms with Crippen LogP contribution in [0.4, 0.5) is 0 Å². The van der Waals surface area contributed by atoms with Gasteiger partial charge in [0.15, 0.2) is 0 Å². The van der Waals surface area contributed by atoms with Crippen molar-refractivity contribution in [2.75, 3.05) is 6.54 Å². The monoisotopic (exact) mass is 234 g/mol. The Bertz CT molecular complexity index is 353. The number of hydrogen-bond acceptors (Lipinski definition) is 3. The molecule has 4 nitrogen and oxygen atoms in total. The summed E-state index contributed by atoms with van der Waals surface area (Å²) < 4.78 is 4.76. The minimum Gasteiger partial charge on any atom is -0.537 e. The molecule has 0 aliphatic carbocycles. The van der Waals surface area contributed by atoms with E-state index in [0.717, 1.165) is 6.42 Å². The smallest absolute Gasteiger partial charge is 0.537 e. The fraction of sp³-hybridized carbons (Fsp3) is 0.417. The summed E-state index contributed by atoms with van der Waals surface area (Å²) in [5.74, 6) is 0.876. The van der Waals surface area contributed by atoms with Crippen molar-refractivity contribution in [3.63, 3.8) is 0 Å². The van der Waals surface area contributed by atoms with Crippen molar-refractivity contribution in [3.8, 4) is 5.75 Å². The van der Waals surface area contributed by atoms with Gasteiger partial charge in [-0.1, -0.05) is 20.3 Å². The van der Waals surface area contributed by atoms with Crippen molar-refractivity contribution in [2.45, 2.75) is 20.3 Å². The summed E-state index contributed by atoms with van der Waals surface area (Å²) in [5.41, 5.74) is 0.582. The molecule has 0 spiro atoms. The Labute approximate surface area is 102 Å². The van der Waals surface area contributed by atoms with Gasteiger partial charge < -0.3 is 15.0 Å². The Morgan fingerprint density at radius 2 is 2.12 bits per heavy atom. The minimum atomic E-state index is -0.0928. The van der Waals surface area contributed by atoms with Crippen molar-refractivity contribution in [2.24, 2.45) is 5.92 Å². The van der Waals surface area contributed by atoms with Gasteiger partial charge in [0, 0.05) is 12.1 Å². The van der Waals surface area contributed by atoms with Crippen molar-refractivity contribution >= 4 is 13.6 Å². The summed E-state index contributed by atoms with van der Waals surface area (Å²) in [5, 5.41) is 11.3. The van der Waals surface area contributed by atoms with Gasteiger partial charge in [0.2, 0.25) is 0 Å². The standard InChI is InChI=1S/C12H17BNO3/c1-3-9(2)8-14-12(15)10-4-6-11(7-5-10)17-13-16/h4-7,9,16H,3,8H2,1-2H3,(H,14,15). The molecule has 91 valence electrons. The molecule has 2 N–H and O–H groups in total. The first-order valence-corrected chi connectivity index (χ1v) is 5.68. The molecule has 0 saturated carbocycles. The first kappa shape index (κ1) is 13.6. The second-order valence-electron chi connectivity index (χ2n) is 3.97. The van der Waals surface area contributed by atoms with Crippen LogP contribution in [0.25, 0.3) is 0 Å². The van der Waals surface area contributed by atoms with E-state index in [9.17, 15) is 4.79 Å². The van der Waals surface area contributed by atoms with E-state index in [2.05, 4.69) is 19.2 Å². The van der Waals surface area contributed by atoms with Crippen LogP contribution >= 0.6 is 0 Å². The predicted octanol–water partition coefficient (Wildman–Crippen LogP) is 1.37. The van der Waals surface area contributed by atoms with Crippen molar-refractivity contribution in [1.82, 2.24) is 5.32 Å². The molecule has 1 amide bonds. The SMILES string of the molecule is CCC(C)CNC(=O)c1ccc(O[B]O)cc1. The lowest BCUT2D eigenvalue weighted by Crippen LogP contribution is -2.27. The molecular formula is C12H17BNO3. The number of rotatable bonds is 6. The van der Waals surface area contributed by atoms with Crippen LogP contribution in [-0.2, 0) is 0 Å². The van der Waals surface area contributed by atoms with Crippen LogP contribution in [-0.4, -0.2) is 25.2 Å². The molecule has 1 aromatic carbocycles. The van der Waals surface area contributed by atoms with E-state index < -0.39 is 0 Å². The molecule has 0 fully saturated rings. The first-order valence-electron chi connectivity index (χ1n) is 5.68. The molecule has 0 saturated heterocycles. The maximum absolute atomic E-state index is 11.7. The third-order valence-corrected chi connectivity index (χ3v) is 2.61. The summed E-state index contributed by atoms with van der Waals surface area (Å²) in [6.45, 7) is 4.86. The summed E-state index contributed by atoms with van der Waals surface area (Å²) >= 11 is 0. The number of carbonyl (C=O) groups is 1. The summed E-state index contributed by atoms with van der Waals surface area (Å²) in [6, 6.07) is 6.57. The highest BCUT2D eigenvalue weighted by atomic mass is 16.5. The Morgan fingerprint density at radius 1 is 1.47 bits per heavy atom. The van der Waals surface area contributed by atoms with Gasteiger partial charge in [0.1, 0.15) is 5.75 Å². The van der Waals surface area contributed by atoms with E-state index in [1.54, 1.807) is 24.3 Å². The summed E-state index contributed by atoms with van der Waals surface area (Å²) in [6.07, 6.45) is 1.04. The molecule has 0 aliphatic rings. The quantitative estimate of drug-likeness (QED) is 0.731. The van der Waals surface area contributed by atoms with E-state index in [-0.39, 0.29) is 5.91 Å². The molecule has 1 unspecified atom stereocenters. The van der Waals surface area contributed by atoms with Crippen LogP contribution in [0.2, 0.25) is 0 Å². The van der Waals surface area contributed by atoms with Gasteiger partial charge in [-0.05, 0) is 30.2 Å². The lowest BCUT2D eigenvalue weighted by molar-refractivity contribution is 0.0948. The van der Waals surface area contributed by atoms with Gasteiger partial charge in [-0.2, -0.15) is 0 Å². The summed E-state index contributed by atoms with van der Waals surface area (Å²) in [4.78, 5) is 11.7. The molecule has 0 bridgehead atoms. The van der Waals surface area contributed by atoms with Crippen molar-refractivity contribution < 1.29 is 14.5 Å². The molecular weight excluding hydrogens is 217 g/mol. The predicted molar refractivity (Wildman–Crippen MR) is 66.8 cm³/mol. The maximum atomic E-state index is 11.7. The van der Waals surface area contributed by atoms with Gasteiger partial charge in [-0.3, -0.25) is 4.79 Å². The van der Waals surface area contributed by atoms with Gasteiger partial charge in [0.25, 0.3) is 5.91 Å². The third kappa shape index (κ3) is 4.48. The topological polar surface area (TPSA) is 58.6 Å².